The van der Waals surface area contributed by atoms with Gasteiger partial charge in [-0.25, -0.2) is 4.98 Å². The number of rotatable bonds is 3. The Morgan fingerprint density at radius 3 is 2.76 bits per heavy atom. The largest absolute Gasteiger partial charge is 0.339 e. The zero-order valence-electron chi connectivity index (χ0n) is 10.7. The van der Waals surface area contributed by atoms with E-state index in [1.807, 2.05) is 35.7 Å². The molecule has 8 heteroatoms. The fraction of sp³-hybridized carbons (Fsp3) is 0. The molecule has 0 bridgehead atoms. The minimum absolute atomic E-state index is 0.611. The number of tetrazole rings is 1. The van der Waals surface area contributed by atoms with Gasteiger partial charge in [0, 0.05) is 22.8 Å². The van der Waals surface area contributed by atoms with Crippen LogP contribution in [0.1, 0.15) is 0 Å². The number of aromatic nitrogens is 6. The standard InChI is InChI=1S/C13H9N7S/c1-3-10(4-2-9(1)13-14-7-8-21-13)15-11-5-6-12-16-18-19-20(12)17-11/h1-8H,(H,15,17). The van der Waals surface area contributed by atoms with Crippen LogP contribution < -0.4 is 5.32 Å². The lowest BCUT2D eigenvalue weighted by molar-refractivity contribution is 0.736. The summed E-state index contributed by atoms with van der Waals surface area (Å²) >= 11 is 1.62. The van der Waals surface area contributed by atoms with Crippen molar-refractivity contribution in [3.8, 4) is 10.6 Å². The molecule has 1 N–H and O–H groups in total. The highest BCUT2D eigenvalue weighted by Gasteiger charge is 2.03. The maximum atomic E-state index is 4.29. The van der Waals surface area contributed by atoms with Gasteiger partial charge in [-0.05, 0) is 46.8 Å². The maximum Gasteiger partial charge on any atom is 0.200 e. The average Bonchev–Trinajstić information content (AvgIpc) is 3.19. The minimum atomic E-state index is 0.611. The first kappa shape index (κ1) is 11.9. The number of benzene rings is 1. The van der Waals surface area contributed by atoms with Crippen molar-refractivity contribution in [3.05, 3.63) is 48.0 Å². The average molecular weight is 295 g/mol. The summed E-state index contributed by atoms with van der Waals surface area (Å²) in [7, 11) is 0. The van der Waals surface area contributed by atoms with E-state index in [0.29, 0.717) is 11.5 Å². The number of nitrogens with one attached hydrogen (secondary N) is 1. The SMILES string of the molecule is c1csc(-c2ccc(Nc3ccc4nnnn4n3)cc2)n1. The van der Waals surface area contributed by atoms with Gasteiger partial charge in [0.25, 0.3) is 0 Å². The van der Waals surface area contributed by atoms with Gasteiger partial charge in [0.1, 0.15) is 5.01 Å². The monoisotopic (exact) mass is 295 g/mol. The highest BCUT2D eigenvalue weighted by molar-refractivity contribution is 7.13. The first-order valence-electron chi connectivity index (χ1n) is 6.21. The second-order valence-corrected chi connectivity index (χ2v) is 5.18. The van der Waals surface area contributed by atoms with Crippen LogP contribution in [0.15, 0.2) is 48.0 Å². The van der Waals surface area contributed by atoms with Crippen molar-refractivity contribution in [1.29, 1.82) is 0 Å². The summed E-state index contributed by atoms with van der Waals surface area (Å²) in [6.45, 7) is 0. The van der Waals surface area contributed by atoms with E-state index in [1.165, 1.54) is 4.63 Å². The molecular weight excluding hydrogens is 286 g/mol. The van der Waals surface area contributed by atoms with Gasteiger partial charge < -0.3 is 5.32 Å². The molecule has 0 atom stereocenters. The Morgan fingerprint density at radius 2 is 1.95 bits per heavy atom. The highest BCUT2D eigenvalue weighted by atomic mass is 32.1. The molecule has 1 aromatic carbocycles. The fourth-order valence-electron chi connectivity index (χ4n) is 1.93. The molecule has 0 aliphatic heterocycles. The van der Waals surface area contributed by atoms with Gasteiger partial charge in [-0.3, -0.25) is 0 Å². The molecule has 102 valence electrons. The Labute approximate surface area is 123 Å². The van der Waals surface area contributed by atoms with Crippen LogP contribution in [0.2, 0.25) is 0 Å². The number of nitrogens with zero attached hydrogens (tertiary/aromatic N) is 6. The summed E-state index contributed by atoms with van der Waals surface area (Å²) in [6.07, 6.45) is 1.80. The summed E-state index contributed by atoms with van der Waals surface area (Å²) < 4.78 is 1.38. The van der Waals surface area contributed by atoms with Crippen LogP contribution in [0.5, 0.6) is 0 Å². The van der Waals surface area contributed by atoms with Gasteiger partial charge in [-0.1, -0.05) is 0 Å². The Bertz CT molecular complexity index is 867. The van der Waals surface area contributed by atoms with Crippen LogP contribution >= 0.6 is 11.3 Å². The Kier molecular flexibility index (Phi) is 2.79. The first-order valence-corrected chi connectivity index (χ1v) is 7.09. The van der Waals surface area contributed by atoms with E-state index < -0.39 is 0 Å². The van der Waals surface area contributed by atoms with Gasteiger partial charge >= 0.3 is 0 Å². The molecule has 4 rings (SSSR count). The number of thiazole rings is 1. The predicted octanol–water partition coefficient (Wildman–Crippen LogP) is 2.39. The topological polar surface area (TPSA) is 80.9 Å². The van der Waals surface area contributed by atoms with Crippen LogP contribution in [-0.4, -0.2) is 30.2 Å². The quantitative estimate of drug-likeness (QED) is 0.625. The maximum absolute atomic E-state index is 4.29. The van der Waals surface area contributed by atoms with E-state index in [4.69, 9.17) is 0 Å². The van der Waals surface area contributed by atoms with Gasteiger partial charge in [0.15, 0.2) is 11.5 Å². The van der Waals surface area contributed by atoms with Crippen LogP contribution in [0.3, 0.4) is 0 Å². The lowest BCUT2D eigenvalue weighted by atomic mass is 10.2. The van der Waals surface area contributed by atoms with Crippen molar-refractivity contribution < 1.29 is 0 Å². The number of anilines is 2. The van der Waals surface area contributed by atoms with Crippen LogP contribution in [0.4, 0.5) is 11.5 Å². The molecule has 0 spiro atoms. The summed E-state index contributed by atoms with van der Waals surface area (Å²) in [6, 6.07) is 11.7. The molecule has 0 unspecified atom stereocenters. The molecule has 21 heavy (non-hydrogen) atoms. The van der Waals surface area contributed by atoms with E-state index in [-0.39, 0.29) is 0 Å². The summed E-state index contributed by atoms with van der Waals surface area (Å²) in [5, 5.41) is 21.6. The summed E-state index contributed by atoms with van der Waals surface area (Å²) in [4.78, 5) is 4.29. The zero-order chi connectivity index (χ0) is 14.1. The molecule has 7 nitrogen and oxygen atoms in total. The smallest absolute Gasteiger partial charge is 0.200 e. The third kappa shape index (κ3) is 2.32. The normalized spacial score (nSPS) is 10.9. The van der Waals surface area contributed by atoms with E-state index in [0.717, 1.165) is 16.3 Å². The predicted molar refractivity (Wildman–Crippen MR) is 79.4 cm³/mol. The molecular formula is C13H9N7S. The molecule has 0 fully saturated rings. The van der Waals surface area contributed by atoms with Crippen molar-refractivity contribution in [2.45, 2.75) is 0 Å². The van der Waals surface area contributed by atoms with Crippen LogP contribution in [0.25, 0.3) is 16.2 Å². The molecule has 0 saturated heterocycles. The van der Waals surface area contributed by atoms with E-state index in [9.17, 15) is 0 Å². The Balaban J connectivity index is 1.59. The zero-order valence-corrected chi connectivity index (χ0v) is 11.5. The van der Waals surface area contributed by atoms with Crippen molar-refractivity contribution in [3.63, 3.8) is 0 Å². The van der Waals surface area contributed by atoms with E-state index >= 15 is 0 Å². The summed E-state index contributed by atoms with van der Waals surface area (Å²) in [5.41, 5.74) is 2.65. The van der Waals surface area contributed by atoms with E-state index in [1.54, 1.807) is 23.6 Å². The van der Waals surface area contributed by atoms with Crippen LogP contribution in [0, 0.1) is 0 Å². The van der Waals surface area contributed by atoms with Crippen molar-refractivity contribution >= 4 is 28.5 Å². The summed E-state index contributed by atoms with van der Waals surface area (Å²) in [5.74, 6) is 0.678. The van der Waals surface area contributed by atoms with Crippen molar-refractivity contribution in [2.24, 2.45) is 0 Å². The first-order chi connectivity index (χ1) is 10.4. The number of hydrogen-bond donors (Lipinski definition) is 1. The molecule has 3 aromatic heterocycles. The molecule has 0 aliphatic rings. The molecule has 0 saturated carbocycles. The lowest BCUT2D eigenvalue weighted by Crippen LogP contribution is -2.00. The lowest BCUT2D eigenvalue weighted by Gasteiger charge is -2.05. The molecule has 3 heterocycles. The minimum Gasteiger partial charge on any atom is -0.339 e. The fourth-order valence-corrected chi connectivity index (χ4v) is 2.57. The van der Waals surface area contributed by atoms with Gasteiger partial charge in [0.05, 0.1) is 0 Å². The Hall–Kier alpha value is -2.87. The second-order valence-electron chi connectivity index (χ2n) is 4.28. The molecule has 0 radical (unpaired) electrons. The number of fused-ring (bicyclic) bond motifs is 1. The van der Waals surface area contributed by atoms with Crippen molar-refractivity contribution in [2.75, 3.05) is 5.32 Å². The third-order valence-electron chi connectivity index (χ3n) is 2.91. The van der Waals surface area contributed by atoms with E-state index in [2.05, 4.69) is 30.9 Å². The van der Waals surface area contributed by atoms with Crippen LogP contribution in [-0.2, 0) is 0 Å². The second kappa shape index (κ2) is 4.91. The van der Waals surface area contributed by atoms with Gasteiger partial charge in [-0.2, -0.15) is 0 Å². The third-order valence-corrected chi connectivity index (χ3v) is 3.73. The molecule has 0 amide bonds. The highest BCUT2D eigenvalue weighted by Crippen LogP contribution is 2.24. The Morgan fingerprint density at radius 1 is 1.05 bits per heavy atom. The van der Waals surface area contributed by atoms with Crippen molar-refractivity contribution in [1.82, 2.24) is 30.2 Å². The van der Waals surface area contributed by atoms with Gasteiger partial charge in [0.2, 0.25) is 0 Å². The molecule has 0 aliphatic carbocycles. The van der Waals surface area contributed by atoms with Gasteiger partial charge in [-0.15, -0.1) is 26.2 Å². The molecule has 4 aromatic rings. The number of hydrogen-bond acceptors (Lipinski definition) is 7.